The Morgan fingerprint density at radius 2 is 1.93 bits per heavy atom. The molecule has 6 heteroatoms. The third-order valence-corrected chi connectivity index (χ3v) is 5.41. The maximum atomic E-state index is 12.8. The van der Waals surface area contributed by atoms with E-state index in [0.29, 0.717) is 0 Å². The average Bonchev–Trinajstić information content (AvgIpc) is 3.29. The normalized spacial score (nSPS) is 12.1. The Labute approximate surface area is 164 Å². The lowest BCUT2D eigenvalue weighted by atomic mass is 10.0. The lowest BCUT2D eigenvalue weighted by molar-refractivity contribution is -0.119. The summed E-state index contributed by atoms with van der Waals surface area (Å²) in [5, 5.41) is 10.3. The molecule has 0 bridgehead atoms. The van der Waals surface area contributed by atoms with Crippen LogP contribution in [-0.4, -0.2) is 32.7 Å². The van der Waals surface area contributed by atoms with Gasteiger partial charge in [0.15, 0.2) is 0 Å². The SMILES string of the molecule is CSCC[C@@H](C(=O)Nc1ccc(Cc2c(C)n[nH]c2C)cc1)n1cccc1. The number of benzene rings is 1. The molecular weight excluding hydrogens is 356 g/mol. The summed E-state index contributed by atoms with van der Waals surface area (Å²) in [6.07, 6.45) is 7.60. The highest BCUT2D eigenvalue weighted by molar-refractivity contribution is 7.98. The Hall–Kier alpha value is -2.47. The van der Waals surface area contributed by atoms with E-state index in [1.54, 1.807) is 11.8 Å². The van der Waals surface area contributed by atoms with Crippen molar-refractivity contribution in [2.45, 2.75) is 32.7 Å². The molecule has 1 amide bonds. The van der Waals surface area contributed by atoms with Crippen molar-refractivity contribution in [3.05, 3.63) is 71.3 Å². The van der Waals surface area contributed by atoms with Gasteiger partial charge in [0, 0.05) is 35.8 Å². The first kappa shape index (κ1) is 19.3. The number of anilines is 1. The van der Waals surface area contributed by atoms with E-state index in [9.17, 15) is 4.79 Å². The minimum Gasteiger partial charge on any atom is -0.342 e. The molecule has 2 aromatic heterocycles. The lowest BCUT2D eigenvalue weighted by Crippen LogP contribution is -2.25. The molecule has 0 spiro atoms. The van der Waals surface area contributed by atoms with Gasteiger partial charge in [0.2, 0.25) is 5.91 Å². The summed E-state index contributed by atoms with van der Waals surface area (Å²) >= 11 is 1.76. The Morgan fingerprint density at radius 1 is 1.22 bits per heavy atom. The molecule has 3 aromatic rings. The molecular formula is C21H26N4OS. The van der Waals surface area contributed by atoms with Crippen LogP contribution in [-0.2, 0) is 11.2 Å². The summed E-state index contributed by atoms with van der Waals surface area (Å²) in [4.78, 5) is 12.8. The number of aromatic amines is 1. The smallest absolute Gasteiger partial charge is 0.247 e. The number of carbonyl (C=O) groups excluding carboxylic acids is 1. The number of rotatable bonds is 8. The second-order valence-corrected chi connectivity index (χ2v) is 7.69. The first-order chi connectivity index (χ1) is 13.1. The van der Waals surface area contributed by atoms with Gasteiger partial charge in [0.25, 0.3) is 0 Å². The lowest BCUT2D eigenvalue weighted by Gasteiger charge is -2.18. The average molecular weight is 383 g/mol. The Morgan fingerprint density at radius 3 is 2.52 bits per heavy atom. The van der Waals surface area contributed by atoms with Crippen LogP contribution in [0, 0.1) is 13.8 Å². The van der Waals surface area contributed by atoms with Gasteiger partial charge in [-0.3, -0.25) is 9.89 Å². The summed E-state index contributed by atoms with van der Waals surface area (Å²) < 4.78 is 1.98. The summed E-state index contributed by atoms with van der Waals surface area (Å²) in [5.74, 6) is 0.966. The number of hydrogen-bond acceptors (Lipinski definition) is 3. The fraction of sp³-hybridized carbons (Fsp3) is 0.333. The van der Waals surface area contributed by atoms with Gasteiger partial charge in [-0.25, -0.2) is 0 Å². The van der Waals surface area contributed by atoms with E-state index in [1.807, 2.05) is 55.1 Å². The van der Waals surface area contributed by atoms with Crippen molar-refractivity contribution in [1.82, 2.24) is 14.8 Å². The zero-order valence-electron chi connectivity index (χ0n) is 16.0. The molecule has 2 heterocycles. The van der Waals surface area contributed by atoms with Crippen LogP contribution < -0.4 is 5.32 Å². The van der Waals surface area contributed by atoms with Crippen molar-refractivity contribution < 1.29 is 4.79 Å². The number of thioether (sulfide) groups is 1. The molecule has 0 radical (unpaired) electrons. The van der Waals surface area contributed by atoms with Crippen molar-refractivity contribution >= 4 is 23.4 Å². The topological polar surface area (TPSA) is 62.7 Å². The maximum absolute atomic E-state index is 12.8. The van der Waals surface area contributed by atoms with Gasteiger partial charge >= 0.3 is 0 Å². The van der Waals surface area contributed by atoms with Crippen LogP contribution in [0.4, 0.5) is 5.69 Å². The minimum absolute atomic E-state index is 0.0227. The summed E-state index contributed by atoms with van der Waals surface area (Å²) in [5.41, 5.74) is 5.40. The largest absolute Gasteiger partial charge is 0.342 e. The fourth-order valence-electron chi connectivity index (χ4n) is 3.17. The predicted molar refractivity (Wildman–Crippen MR) is 112 cm³/mol. The zero-order valence-corrected chi connectivity index (χ0v) is 16.8. The number of nitrogens with one attached hydrogen (secondary N) is 2. The standard InChI is InChI=1S/C21H26N4OS/c1-15-19(16(2)24-23-15)14-17-6-8-18(9-7-17)22-21(26)20(10-13-27-3)25-11-4-5-12-25/h4-9,11-12,20H,10,13-14H2,1-3H3,(H,22,26)(H,23,24)/t20-/m0/s1. The Balaban J connectivity index is 1.67. The van der Waals surface area contributed by atoms with Crippen molar-refractivity contribution in [1.29, 1.82) is 0 Å². The van der Waals surface area contributed by atoms with Crippen molar-refractivity contribution in [3.63, 3.8) is 0 Å². The fourth-order valence-corrected chi connectivity index (χ4v) is 3.63. The minimum atomic E-state index is -0.191. The molecule has 0 saturated heterocycles. The first-order valence-electron chi connectivity index (χ1n) is 9.10. The molecule has 3 rings (SSSR count). The molecule has 0 aliphatic carbocycles. The Bertz CT molecular complexity index is 849. The highest BCUT2D eigenvalue weighted by Crippen LogP contribution is 2.20. The molecule has 1 aromatic carbocycles. The predicted octanol–water partition coefficient (Wildman–Crippen LogP) is 4.35. The summed E-state index contributed by atoms with van der Waals surface area (Å²) in [6.45, 7) is 4.06. The number of H-pyrrole nitrogens is 1. The van der Waals surface area contributed by atoms with E-state index in [4.69, 9.17) is 0 Å². The van der Waals surface area contributed by atoms with Gasteiger partial charge in [-0.1, -0.05) is 12.1 Å². The molecule has 2 N–H and O–H groups in total. The van der Waals surface area contributed by atoms with Gasteiger partial charge in [-0.2, -0.15) is 16.9 Å². The second-order valence-electron chi connectivity index (χ2n) is 6.70. The van der Waals surface area contributed by atoms with Gasteiger partial charge in [0.05, 0.1) is 5.69 Å². The van der Waals surface area contributed by atoms with Gasteiger partial charge in [-0.05, 0) is 62.1 Å². The third kappa shape index (κ3) is 4.83. The molecule has 0 fully saturated rings. The molecule has 1 atom stereocenters. The van der Waals surface area contributed by atoms with Crippen LogP contribution in [0.2, 0.25) is 0 Å². The van der Waals surface area contributed by atoms with Crippen LogP contribution >= 0.6 is 11.8 Å². The van der Waals surface area contributed by atoms with Gasteiger partial charge < -0.3 is 9.88 Å². The third-order valence-electron chi connectivity index (χ3n) is 4.77. The van der Waals surface area contributed by atoms with Crippen LogP contribution in [0.15, 0.2) is 48.8 Å². The first-order valence-corrected chi connectivity index (χ1v) is 10.5. The number of hydrogen-bond donors (Lipinski definition) is 2. The highest BCUT2D eigenvalue weighted by atomic mass is 32.2. The molecule has 0 saturated carbocycles. The van der Waals surface area contributed by atoms with E-state index in [2.05, 4.69) is 33.9 Å². The van der Waals surface area contributed by atoms with E-state index >= 15 is 0 Å². The Kier molecular flexibility index (Phi) is 6.40. The zero-order chi connectivity index (χ0) is 19.2. The highest BCUT2D eigenvalue weighted by Gasteiger charge is 2.19. The maximum Gasteiger partial charge on any atom is 0.247 e. The van der Waals surface area contributed by atoms with E-state index in [1.165, 1.54) is 11.1 Å². The number of amides is 1. The molecule has 0 aliphatic rings. The van der Waals surface area contributed by atoms with Crippen molar-refractivity contribution in [2.24, 2.45) is 0 Å². The summed E-state index contributed by atoms with van der Waals surface area (Å²) in [6, 6.07) is 11.8. The van der Waals surface area contributed by atoms with Crippen LogP contribution in [0.25, 0.3) is 0 Å². The monoisotopic (exact) mass is 382 g/mol. The van der Waals surface area contributed by atoms with E-state index in [0.717, 1.165) is 35.7 Å². The van der Waals surface area contributed by atoms with E-state index in [-0.39, 0.29) is 11.9 Å². The van der Waals surface area contributed by atoms with Crippen molar-refractivity contribution in [2.75, 3.05) is 17.3 Å². The van der Waals surface area contributed by atoms with E-state index < -0.39 is 0 Å². The number of aryl methyl sites for hydroxylation is 2. The van der Waals surface area contributed by atoms with Crippen LogP contribution in [0.3, 0.4) is 0 Å². The second kappa shape index (κ2) is 8.95. The quantitative estimate of drug-likeness (QED) is 0.609. The molecule has 142 valence electrons. The van der Waals surface area contributed by atoms with Crippen LogP contribution in [0.1, 0.15) is 35.0 Å². The molecule has 5 nitrogen and oxygen atoms in total. The van der Waals surface area contributed by atoms with Crippen molar-refractivity contribution in [3.8, 4) is 0 Å². The molecule has 0 aliphatic heterocycles. The van der Waals surface area contributed by atoms with Gasteiger partial charge in [0.1, 0.15) is 6.04 Å². The molecule has 0 unspecified atom stereocenters. The summed E-state index contributed by atoms with van der Waals surface area (Å²) in [7, 11) is 0. The van der Waals surface area contributed by atoms with Crippen LogP contribution in [0.5, 0.6) is 0 Å². The number of aromatic nitrogens is 3. The number of nitrogens with zero attached hydrogens (tertiary/aromatic N) is 2. The molecule has 27 heavy (non-hydrogen) atoms. The number of carbonyl (C=O) groups is 1. The van der Waals surface area contributed by atoms with Gasteiger partial charge in [-0.15, -0.1) is 0 Å².